The van der Waals surface area contributed by atoms with Crippen LogP contribution in [0.1, 0.15) is 5.56 Å². The van der Waals surface area contributed by atoms with Crippen LogP contribution in [0.2, 0.25) is 0 Å². The van der Waals surface area contributed by atoms with Crippen LogP contribution in [0.3, 0.4) is 0 Å². The molecule has 4 nitrogen and oxygen atoms in total. The molecule has 0 aliphatic rings. The molecule has 10 heteroatoms. The molecule has 2 aromatic rings. The molecule has 0 amide bonds. The van der Waals surface area contributed by atoms with Gasteiger partial charge in [-0.15, -0.1) is 24.9 Å². The van der Waals surface area contributed by atoms with Crippen LogP contribution >= 0.6 is 27.7 Å². The van der Waals surface area contributed by atoms with Gasteiger partial charge in [0.1, 0.15) is 4.90 Å². The van der Waals surface area contributed by atoms with E-state index in [-0.39, 0.29) is 11.0 Å². The molecule has 25 heavy (non-hydrogen) atoms. The molecule has 0 fully saturated rings. The molecule has 0 aliphatic carbocycles. The summed E-state index contributed by atoms with van der Waals surface area (Å²) in [7, 11) is -4.19. The average Bonchev–Trinajstić information content (AvgIpc) is 2.52. The Kier molecular flexibility index (Phi) is 6.41. The van der Waals surface area contributed by atoms with Crippen molar-refractivity contribution in [2.45, 2.75) is 22.7 Å². The maximum Gasteiger partial charge on any atom is 0.573 e. The van der Waals surface area contributed by atoms with Crippen LogP contribution in [0.25, 0.3) is 0 Å². The van der Waals surface area contributed by atoms with Gasteiger partial charge in [-0.3, -0.25) is 0 Å². The van der Waals surface area contributed by atoms with Gasteiger partial charge in [0.05, 0.1) is 0 Å². The van der Waals surface area contributed by atoms with E-state index in [1.807, 2.05) is 18.4 Å². The highest BCUT2D eigenvalue weighted by Crippen LogP contribution is 2.32. The van der Waals surface area contributed by atoms with Crippen LogP contribution < -0.4 is 9.46 Å². The van der Waals surface area contributed by atoms with Crippen molar-refractivity contribution in [3.8, 4) is 5.75 Å². The molecule has 0 aromatic heterocycles. The van der Waals surface area contributed by atoms with E-state index in [0.29, 0.717) is 5.56 Å². The lowest BCUT2D eigenvalue weighted by molar-refractivity contribution is -0.275. The van der Waals surface area contributed by atoms with Gasteiger partial charge in [-0.2, -0.15) is 0 Å². The van der Waals surface area contributed by atoms with E-state index in [4.69, 9.17) is 0 Å². The van der Waals surface area contributed by atoms with E-state index < -0.39 is 27.0 Å². The highest BCUT2D eigenvalue weighted by Gasteiger charge is 2.34. The number of halogens is 4. The summed E-state index contributed by atoms with van der Waals surface area (Å²) < 4.78 is 68.6. The summed E-state index contributed by atoms with van der Waals surface area (Å²) in [6.07, 6.45) is -3.09. The topological polar surface area (TPSA) is 55.4 Å². The predicted octanol–water partition coefficient (Wildman–Crippen LogP) is 4.55. The molecule has 0 saturated carbocycles. The Bertz CT molecular complexity index is 840. The third-order valence-electron chi connectivity index (χ3n) is 3.05. The third kappa shape index (κ3) is 5.91. The molecule has 2 aromatic carbocycles. The van der Waals surface area contributed by atoms with Crippen molar-refractivity contribution in [3.05, 3.63) is 52.5 Å². The van der Waals surface area contributed by atoms with E-state index in [0.717, 1.165) is 17.0 Å². The zero-order chi connectivity index (χ0) is 18.7. The van der Waals surface area contributed by atoms with Gasteiger partial charge >= 0.3 is 6.36 Å². The number of hydrogen-bond acceptors (Lipinski definition) is 4. The smallest absolute Gasteiger partial charge is 0.404 e. The Hall–Kier alpha value is -1.23. The molecular formula is C15H13BrF3NO3S2. The molecule has 0 heterocycles. The summed E-state index contributed by atoms with van der Waals surface area (Å²) in [6, 6.07) is 10.5. The average molecular weight is 456 g/mol. The van der Waals surface area contributed by atoms with Gasteiger partial charge in [-0.1, -0.05) is 28.1 Å². The lowest BCUT2D eigenvalue weighted by Crippen LogP contribution is -2.25. The number of rotatable bonds is 6. The first kappa shape index (κ1) is 20.1. The number of ether oxygens (including phenoxy) is 1. The van der Waals surface area contributed by atoms with Crippen molar-refractivity contribution in [3.63, 3.8) is 0 Å². The highest BCUT2D eigenvalue weighted by atomic mass is 79.9. The molecule has 0 atom stereocenters. The standard InChI is InChI=1S/C15H13BrF3NO3S2/c1-24-12-5-2-10(3-6-12)9-20-25(21,22)14-7-4-11(16)8-13(14)23-15(17,18)19/h2-8,20H,9H2,1H3. The van der Waals surface area contributed by atoms with Crippen LogP contribution in [0.4, 0.5) is 13.2 Å². The van der Waals surface area contributed by atoms with Crippen molar-refractivity contribution in [1.29, 1.82) is 0 Å². The minimum Gasteiger partial charge on any atom is -0.404 e. The minimum atomic E-state index is -5.00. The largest absolute Gasteiger partial charge is 0.573 e. The summed E-state index contributed by atoms with van der Waals surface area (Å²) in [5.41, 5.74) is 0.678. The number of hydrogen-bond donors (Lipinski definition) is 1. The minimum absolute atomic E-state index is 0.0570. The van der Waals surface area contributed by atoms with Crippen LogP contribution in [0.5, 0.6) is 5.75 Å². The van der Waals surface area contributed by atoms with E-state index in [2.05, 4.69) is 25.4 Å². The van der Waals surface area contributed by atoms with Gasteiger partial charge < -0.3 is 4.74 Å². The Morgan fingerprint density at radius 2 is 1.80 bits per heavy atom. The van der Waals surface area contributed by atoms with Crippen molar-refractivity contribution >= 4 is 37.7 Å². The SMILES string of the molecule is CSc1ccc(CNS(=O)(=O)c2ccc(Br)cc2OC(F)(F)F)cc1. The summed E-state index contributed by atoms with van der Waals surface area (Å²) in [6.45, 7) is -0.0570. The number of nitrogens with one attached hydrogen (secondary N) is 1. The Morgan fingerprint density at radius 3 is 2.36 bits per heavy atom. The number of alkyl halides is 3. The van der Waals surface area contributed by atoms with Gasteiger partial charge in [-0.25, -0.2) is 13.1 Å². The van der Waals surface area contributed by atoms with Gasteiger partial charge in [0, 0.05) is 15.9 Å². The molecule has 2 rings (SSSR count). The highest BCUT2D eigenvalue weighted by molar-refractivity contribution is 9.10. The lowest BCUT2D eigenvalue weighted by atomic mass is 10.2. The fourth-order valence-corrected chi connectivity index (χ4v) is 3.78. The molecule has 0 aliphatic heterocycles. The molecule has 1 N–H and O–H groups in total. The summed E-state index contributed by atoms with van der Waals surface area (Å²) in [4.78, 5) is 0.425. The van der Waals surface area contributed by atoms with Crippen molar-refractivity contribution in [2.24, 2.45) is 0 Å². The molecular weight excluding hydrogens is 443 g/mol. The number of benzene rings is 2. The second kappa shape index (κ2) is 7.98. The molecule has 0 unspecified atom stereocenters. The maximum atomic E-state index is 12.5. The Balaban J connectivity index is 2.23. The van der Waals surface area contributed by atoms with Gasteiger partial charge in [-0.05, 0) is 42.2 Å². The normalized spacial score (nSPS) is 12.2. The van der Waals surface area contributed by atoms with E-state index in [9.17, 15) is 21.6 Å². The Morgan fingerprint density at radius 1 is 1.16 bits per heavy atom. The van der Waals surface area contributed by atoms with Crippen LogP contribution in [-0.2, 0) is 16.6 Å². The zero-order valence-corrected chi connectivity index (χ0v) is 16.0. The van der Waals surface area contributed by atoms with Crippen molar-refractivity contribution < 1.29 is 26.3 Å². The summed E-state index contributed by atoms with van der Waals surface area (Å²) in [5.74, 6) is -0.799. The summed E-state index contributed by atoms with van der Waals surface area (Å²) in [5, 5.41) is 0. The first-order chi connectivity index (χ1) is 11.6. The second-order valence-corrected chi connectivity index (χ2v) is 8.34. The molecule has 0 saturated heterocycles. The van der Waals surface area contributed by atoms with Crippen LogP contribution in [-0.4, -0.2) is 21.0 Å². The zero-order valence-electron chi connectivity index (χ0n) is 12.8. The van der Waals surface area contributed by atoms with Gasteiger partial charge in [0.25, 0.3) is 0 Å². The quantitative estimate of drug-likeness (QED) is 0.649. The number of thioether (sulfide) groups is 1. The molecule has 0 bridgehead atoms. The predicted molar refractivity (Wildman–Crippen MR) is 93.1 cm³/mol. The maximum absolute atomic E-state index is 12.5. The van der Waals surface area contributed by atoms with Crippen molar-refractivity contribution in [1.82, 2.24) is 4.72 Å². The molecule has 136 valence electrons. The van der Waals surface area contributed by atoms with E-state index in [1.165, 1.54) is 6.07 Å². The van der Waals surface area contributed by atoms with Gasteiger partial charge in [0.2, 0.25) is 10.0 Å². The van der Waals surface area contributed by atoms with Gasteiger partial charge in [0.15, 0.2) is 5.75 Å². The van der Waals surface area contributed by atoms with E-state index >= 15 is 0 Å². The first-order valence-corrected chi connectivity index (χ1v) is 10.3. The molecule has 0 radical (unpaired) electrons. The monoisotopic (exact) mass is 455 g/mol. The fourth-order valence-electron chi connectivity index (χ4n) is 1.91. The van der Waals surface area contributed by atoms with Crippen molar-refractivity contribution in [2.75, 3.05) is 6.26 Å². The first-order valence-electron chi connectivity index (χ1n) is 6.78. The Labute approximate surface area is 155 Å². The van der Waals surface area contributed by atoms with Crippen LogP contribution in [0, 0.1) is 0 Å². The third-order valence-corrected chi connectivity index (χ3v) is 5.72. The second-order valence-electron chi connectivity index (χ2n) is 4.81. The van der Waals surface area contributed by atoms with E-state index in [1.54, 1.807) is 23.9 Å². The fraction of sp³-hybridized carbons (Fsp3) is 0.200. The molecule has 0 spiro atoms. The van der Waals surface area contributed by atoms with Crippen LogP contribution in [0.15, 0.2) is 56.7 Å². The summed E-state index contributed by atoms with van der Waals surface area (Å²) >= 11 is 4.54. The lowest BCUT2D eigenvalue weighted by Gasteiger charge is -2.14. The number of sulfonamides is 1.